The van der Waals surface area contributed by atoms with E-state index in [1.807, 2.05) is 30.3 Å². The van der Waals surface area contributed by atoms with Crippen LogP contribution in [0.5, 0.6) is 0 Å². The van der Waals surface area contributed by atoms with Crippen molar-refractivity contribution in [2.24, 2.45) is 0 Å². The molecular weight excluding hydrogens is 276 g/mol. The summed E-state index contributed by atoms with van der Waals surface area (Å²) in [7, 11) is 0. The van der Waals surface area contributed by atoms with Gasteiger partial charge in [-0.25, -0.2) is 0 Å². The Morgan fingerprint density at radius 1 is 1.05 bits per heavy atom. The third-order valence-electron chi connectivity index (χ3n) is 2.52. The summed E-state index contributed by atoms with van der Waals surface area (Å²) >= 11 is 1.26. The molecule has 0 fully saturated rings. The van der Waals surface area contributed by atoms with Crippen LogP contribution in [0.3, 0.4) is 0 Å². The molecule has 0 unspecified atom stereocenters. The van der Waals surface area contributed by atoms with E-state index >= 15 is 0 Å². The minimum atomic E-state index is -0.890. The lowest BCUT2D eigenvalue weighted by Crippen LogP contribution is -2.31. The average Bonchev–Trinajstić information content (AvgIpc) is 2.45. The molecule has 0 aliphatic heterocycles. The van der Waals surface area contributed by atoms with Crippen LogP contribution in [0.15, 0.2) is 30.3 Å². The van der Waals surface area contributed by atoms with Crippen LogP contribution in [0, 0.1) is 0 Å². The molecule has 1 rings (SSSR count). The number of aryl methyl sites for hydroxylation is 1. The highest BCUT2D eigenvalue weighted by atomic mass is 32.2. The van der Waals surface area contributed by atoms with E-state index in [-0.39, 0.29) is 13.2 Å². The van der Waals surface area contributed by atoms with E-state index in [4.69, 9.17) is 9.47 Å². The largest absolute Gasteiger partial charge is 0.465 e. The second-order valence-corrected chi connectivity index (χ2v) is 5.20. The van der Waals surface area contributed by atoms with Crippen molar-refractivity contribution >= 4 is 23.7 Å². The Kier molecular flexibility index (Phi) is 7.80. The second kappa shape index (κ2) is 9.42. The predicted octanol–water partition coefficient (Wildman–Crippen LogP) is 2.46. The average molecular weight is 296 g/mol. The molecule has 0 aromatic heterocycles. The number of benzene rings is 1. The molecule has 0 heterocycles. The number of hydrogen-bond donors (Lipinski definition) is 0. The molecule has 0 spiro atoms. The van der Waals surface area contributed by atoms with Crippen LogP contribution in [-0.2, 0) is 25.5 Å². The minimum absolute atomic E-state index is 0.258. The number of esters is 2. The summed E-state index contributed by atoms with van der Waals surface area (Å²) in [5.41, 5.74) is 1.17. The quantitative estimate of drug-likeness (QED) is 0.545. The van der Waals surface area contributed by atoms with Crippen LogP contribution in [-0.4, -0.2) is 36.2 Å². The molecule has 20 heavy (non-hydrogen) atoms. The lowest BCUT2D eigenvalue weighted by Gasteiger charge is -2.13. The number of hydrogen-bond acceptors (Lipinski definition) is 5. The topological polar surface area (TPSA) is 52.6 Å². The van der Waals surface area contributed by atoms with Gasteiger partial charge >= 0.3 is 11.9 Å². The SMILES string of the molecule is CCOC(=O)C(SCCc1ccccc1)C(=O)OCC. The Labute approximate surface area is 123 Å². The summed E-state index contributed by atoms with van der Waals surface area (Å²) in [6.07, 6.45) is 0.792. The third kappa shape index (κ3) is 5.65. The monoisotopic (exact) mass is 296 g/mol. The molecular formula is C15H20O4S. The fourth-order valence-corrected chi connectivity index (χ4v) is 2.61. The van der Waals surface area contributed by atoms with E-state index in [1.54, 1.807) is 13.8 Å². The maximum Gasteiger partial charge on any atom is 0.330 e. The van der Waals surface area contributed by atoms with Gasteiger partial charge in [-0.2, -0.15) is 0 Å². The molecule has 0 radical (unpaired) electrons. The molecule has 0 bridgehead atoms. The Morgan fingerprint density at radius 3 is 2.10 bits per heavy atom. The first-order valence-electron chi connectivity index (χ1n) is 6.67. The van der Waals surface area contributed by atoms with Gasteiger partial charge in [0.05, 0.1) is 13.2 Å². The number of thioether (sulfide) groups is 1. The second-order valence-electron chi connectivity index (χ2n) is 3.99. The molecule has 1 aromatic carbocycles. The van der Waals surface area contributed by atoms with Gasteiger partial charge in [0.15, 0.2) is 5.25 Å². The third-order valence-corrected chi connectivity index (χ3v) is 3.68. The van der Waals surface area contributed by atoms with E-state index in [9.17, 15) is 9.59 Å². The van der Waals surface area contributed by atoms with Gasteiger partial charge in [-0.1, -0.05) is 30.3 Å². The van der Waals surface area contributed by atoms with Crippen molar-refractivity contribution in [3.63, 3.8) is 0 Å². The van der Waals surface area contributed by atoms with Crippen LogP contribution in [0.4, 0.5) is 0 Å². The molecule has 0 aliphatic rings. The molecule has 0 saturated carbocycles. The lowest BCUT2D eigenvalue weighted by molar-refractivity contribution is -0.152. The first-order valence-corrected chi connectivity index (χ1v) is 7.72. The van der Waals surface area contributed by atoms with Gasteiger partial charge < -0.3 is 9.47 Å². The van der Waals surface area contributed by atoms with Crippen molar-refractivity contribution in [2.75, 3.05) is 19.0 Å². The Morgan fingerprint density at radius 2 is 1.60 bits per heavy atom. The van der Waals surface area contributed by atoms with E-state index in [0.29, 0.717) is 5.75 Å². The van der Waals surface area contributed by atoms with Crippen molar-refractivity contribution in [3.8, 4) is 0 Å². The predicted molar refractivity (Wildman–Crippen MR) is 79.7 cm³/mol. The van der Waals surface area contributed by atoms with Gasteiger partial charge in [0.1, 0.15) is 0 Å². The minimum Gasteiger partial charge on any atom is -0.465 e. The summed E-state index contributed by atoms with van der Waals surface area (Å²) in [5.74, 6) is -0.389. The molecule has 0 atom stereocenters. The highest BCUT2D eigenvalue weighted by Crippen LogP contribution is 2.17. The van der Waals surface area contributed by atoms with Gasteiger partial charge in [-0.15, -0.1) is 11.8 Å². The zero-order chi connectivity index (χ0) is 14.8. The number of carbonyl (C=O) groups excluding carboxylic acids is 2. The van der Waals surface area contributed by atoms with Gasteiger partial charge in [-0.05, 0) is 31.6 Å². The summed E-state index contributed by atoms with van der Waals surface area (Å²) in [6.45, 7) is 3.95. The van der Waals surface area contributed by atoms with E-state index in [2.05, 4.69) is 0 Å². The van der Waals surface area contributed by atoms with Crippen LogP contribution < -0.4 is 0 Å². The smallest absolute Gasteiger partial charge is 0.330 e. The standard InChI is InChI=1S/C15H20O4S/c1-3-18-14(16)13(15(17)19-4-2)20-11-10-12-8-6-5-7-9-12/h5-9,13H,3-4,10-11H2,1-2H3. The molecule has 1 aromatic rings. The van der Waals surface area contributed by atoms with Gasteiger partial charge in [0.25, 0.3) is 0 Å². The zero-order valence-corrected chi connectivity index (χ0v) is 12.7. The van der Waals surface area contributed by atoms with Crippen LogP contribution in [0.25, 0.3) is 0 Å². The van der Waals surface area contributed by atoms with Gasteiger partial charge in [-0.3, -0.25) is 9.59 Å². The fraction of sp³-hybridized carbons (Fsp3) is 0.467. The summed E-state index contributed by atoms with van der Waals surface area (Å²) < 4.78 is 9.83. The molecule has 0 amide bonds. The van der Waals surface area contributed by atoms with Gasteiger partial charge in [0.2, 0.25) is 0 Å². The first-order chi connectivity index (χ1) is 9.69. The number of ether oxygens (including phenoxy) is 2. The molecule has 5 heteroatoms. The van der Waals surface area contributed by atoms with Crippen molar-refractivity contribution in [2.45, 2.75) is 25.5 Å². The summed E-state index contributed by atoms with van der Waals surface area (Å²) in [6, 6.07) is 9.92. The Hall–Kier alpha value is -1.49. The van der Waals surface area contributed by atoms with Crippen molar-refractivity contribution in [1.29, 1.82) is 0 Å². The molecule has 4 nitrogen and oxygen atoms in total. The maximum absolute atomic E-state index is 11.8. The Balaban J connectivity index is 2.51. The molecule has 0 N–H and O–H groups in total. The van der Waals surface area contributed by atoms with E-state index in [1.165, 1.54) is 17.3 Å². The van der Waals surface area contributed by atoms with Crippen molar-refractivity contribution < 1.29 is 19.1 Å². The molecule has 0 saturated heterocycles. The fourth-order valence-electron chi connectivity index (χ4n) is 1.61. The van der Waals surface area contributed by atoms with Gasteiger partial charge in [0, 0.05) is 0 Å². The van der Waals surface area contributed by atoms with E-state index in [0.717, 1.165) is 6.42 Å². The number of rotatable bonds is 8. The van der Waals surface area contributed by atoms with Crippen molar-refractivity contribution in [3.05, 3.63) is 35.9 Å². The molecule has 110 valence electrons. The summed E-state index contributed by atoms with van der Waals surface area (Å²) in [5, 5.41) is -0.890. The lowest BCUT2D eigenvalue weighted by atomic mass is 10.2. The maximum atomic E-state index is 11.8. The van der Waals surface area contributed by atoms with Crippen LogP contribution in [0.2, 0.25) is 0 Å². The molecule has 0 aliphatic carbocycles. The highest BCUT2D eigenvalue weighted by molar-refractivity contribution is 8.01. The van der Waals surface area contributed by atoms with Crippen molar-refractivity contribution in [1.82, 2.24) is 0 Å². The van der Waals surface area contributed by atoms with Crippen LogP contribution >= 0.6 is 11.8 Å². The van der Waals surface area contributed by atoms with Crippen LogP contribution in [0.1, 0.15) is 19.4 Å². The number of carbonyl (C=O) groups is 2. The normalized spacial score (nSPS) is 10.3. The summed E-state index contributed by atoms with van der Waals surface area (Å²) in [4.78, 5) is 23.5. The first kappa shape index (κ1) is 16.6. The zero-order valence-electron chi connectivity index (χ0n) is 11.8. The Bertz CT molecular complexity index is 401. The van der Waals surface area contributed by atoms with E-state index < -0.39 is 17.2 Å². The highest BCUT2D eigenvalue weighted by Gasteiger charge is 2.29.